The quantitative estimate of drug-likeness (QED) is 0.0839. The predicted molar refractivity (Wildman–Crippen MR) is 155 cm³/mol. The third-order valence-electron chi connectivity index (χ3n) is 6.64. The van der Waals surface area contributed by atoms with Crippen molar-refractivity contribution in [3.8, 4) is 5.75 Å². The maximum absolute atomic E-state index is 13.4. The van der Waals surface area contributed by atoms with Crippen LogP contribution in [0.2, 0.25) is 0 Å². The summed E-state index contributed by atoms with van der Waals surface area (Å²) in [7, 11) is 1.54. The van der Waals surface area contributed by atoms with E-state index in [-0.39, 0.29) is 16.5 Å². The second-order valence-electron chi connectivity index (χ2n) is 8.96. The zero-order chi connectivity index (χ0) is 27.6. The first kappa shape index (κ1) is 25.7. The Bertz CT molecular complexity index is 1760. The number of carbonyl (C=O) groups excluding carboxylic acids is 2. The summed E-state index contributed by atoms with van der Waals surface area (Å²) >= 11 is 2.74. The van der Waals surface area contributed by atoms with Gasteiger partial charge in [-0.1, -0.05) is 77.7 Å². The fourth-order valence-electron chi connectivity index (χ4n) is 4.74. The Morgan fingerprint density at radius 2 is 1.77 bits per heavy atom. The average Bonchev–Trinajstić information content (AvgIpc) is 3.57. The molecule has 1 amide bonds. The van der Waals surface area contributed by atoms with E-state index in [2.05, 4.69) is 39.4 Å². The van der Waals surface area contributed by atoms with Gasteiger partial charge in [-0.05, 0) is 46.2 Å². The van der Waals surface area contributed by atoms with Crippen LogP contribution in [0.4, 0.5) is 5.13 Å². The number of anilines is 1. The van der Waals surface area contributed by atoms with Gasteiger partial charge in [0, 0.05) is 23.7 Å². The summed E-state index contributed by atoms with van der Waals surface area (Å²) in [5.74, 6) is -0.662. The molecule has 1 saturated heterocycles. The molecule has 3 heterocycles. The Morgan fingerprint density at radius 3 is 2.60 bits per heavy atom. The number of pyridine rings is 1. The lowest BCUT2D eigenvalue weighted by Gasteiger charge is -2.22. The number of methoxy groups -OCH3 is 1. The number of aliphatic hydroxyl groups is 1. The van der Waals surface area contributed by atoms with Gasteiger partial charge in [-0.2, -0.15) is 0 Å². The van der Waals surface area contributed by atoms with Crippen LogP contribution >= 0.6 is 23.1 Å². The van der Waals surface area contributed by atoms with E-state index in [1.807, 2.05) is 18.2 Å². The summed E-state index contributed by atoms with van der Waals surface area (Å²) in [5, 5.41) is 22.4. The van der Waals surface area contributed by atoms with Gasteiger partial charge in [-0.25, -0.2) is 0 Å². The Kier molecular flexibility index (Phi) is 7.02. The molecule has 1 atom stereocenters. The summed E-state index contributed by atoms with van der Waals surface area (Å²) in [6.45, 7) is 0. The first-order chi connectivity index (χ1) is 19.5. The van der Waals surface area contributed by atoms with Crippen molar-refractivity contribution in [3.63, 3.8) is 0 Å². The minimum absolute atomic E-state index is 0.0374. The molecule has 1 aliphatic rings. The van der Waals surface area contributed by atoms with E-state index < -0.39 is 17.7 Å². The Hall–Kier alpha value is -4.54. The van der Waals surface area contributed by atoms with Crippen LogP contribution in [-0.4, -0.2) is 39.1 Å². The van der Waals surface area contributed by atoms with Gasteiger partial charge in [-0.15, -0.1) is 10.2 Å². The topological polar surface area (TPSA) is 106 Å². The maximum atomic E-state index is 13.4. The monoisotopic (exact) mass is 566 g/mol. The zero-order valence-corrected chi connectivity index (χ0v) is 22.9. The predicted octanol–water partition coefficient (Wildman–Crippen LogP) is 6.01. The van der Waals surface area contributed by atoms with E-state index >= 15 is 0 Å². The average molecular weight is 567 g/mol. The van der Waals surface area contributed by atoms with E-state index in [0.717, 1.165) is 10.9 Å². The summed E-state index contributed by atoms with van der Waals surface area (Å²) < 4.78 is 6.05. The van der Waals surface area contributed by atoms with Crippen LogP contribution in [0.15, 0.2) is 101 Å². The van der Waals surface area contributed by atoms with E-state index in [9.17, 15) is 14.7 Å². The fraction of sp³-hybridized carbons (Fsp3) is 0.100. The fourth-order valence-corrected chi connectivity index (χ4v) is 6.61. The molecule has 0 saturated carbocycles. The van der Waals surface area contributed by atoms with Gasteiger partial charge in [0.1, 0.15) is 11.5 Å². The Labute approximate surface area is 238 Å². The number of fused-ring (bicyclic) bond motifs is 1. The lowest BCUT2D eigenvalue weighted by molar-refractivity contribution is -0.132. The smallest absolute Gasteiger partial charge is 0.301 e. The number of ether oxygens (including phenoxy) is 1. The lowest BCUT2D eigenvalue weighted by Crippen LogP contribution is -2.29. The second kappa shape index (κ2) is 10.9. The van der Waals surface area contributed by atoms with E-state index in [1.54, 1.807) is 36.4 Å². The molecule has 0 aliphatic carbocycles. The van der Waals surface area contributed by atoms with Gasteiger partial charge in [-0.3, -0.25) is 19.5 Å². The molecule has 2 aromatic heterocycles. The number of aliphatic hydroxyl groups excluding tert-OH is 1. The van der Waals surface area contributed by atoms with Crippen LogP contribution in [0.3, 0.4) is 0 Å². The van der Waals surface area contributed by atoms with Gasteiger partial charge in [0.2, 0.25) is 5.13 Å². The van der Waals surface area contributed by atoms with E-state index in [4.69, 9.17) is 4.74 Å². The van der Waals surface area contributed by atoms with Crippen LogP contribution < -0.4 is 9.64 Å². The first-order valence-electron chi connectivity index (χ1n) is 12.3. The molecule has 0 spiro atoms. The van der Waals surface area contributed by atoms with Crippen molar-refractivity contribution < 1.29 is 19.4 Å². The molecule has 1 unspecified atom stereocenters. The molecule has 0 radical (unpaired) electrons. The molecule has 1 aliphatic heterocycles. The summed E-state index contributed by atoms with van der Waals surface area (Å²) in [6, 6.07) is 23.7. The number of nitrogens with zero attached hydrogens (tertiary/aromatic N) is 4. The molecule has 6 rings (SSSR count). The number of amides is 1. The standard InChI is InChI=1S/C30H22N4O4S2/c1-38-22-10-5-8-20(16-22)25-24(26(35)19-12-14-31-15-13-19)27(36)28(37)34(25)29-32-33-30(40-29)39-17-21-9-4-7-18-6-2-3-11-23(18)21/h2-16,25,35H,17H2,1H3/b26-24+. The molecule has 5 aromatic rings. The van der Waals surface area contributed by atoms with Crippen LogP contribution in [0.5, 0.6) is 5.75 Å². The van der Waals surface area contributed by atoms with Gasteiger partial charge < -0.3 is 9.84 Å². The number of aromatic nitrogens is 3. The highest BCUT2D eigenvalue weighted by Gasteiger charge is 2.48. The highest BCUT2D eigenvalue weighted by Crippen LogP contribution is 2.44. The van der Waals surface area contributed by atoms with Gasteiger partial charge in [0.05, 0.1) is 18.7 Å². The number of hydrogen-bond acceptors (Lipinski definition) is 9. The molecule has 40 heavy (non-hydrogen) atoms. The number of Topliss-reactive ketones (excluding diaryl/α,β-unsaturated/α-hetero) is 1. The number of benzene rings is 3. The molecular formula is C30H22N4O4S2. The van der Waals surface area contributed by atoms with Crippen LogP contribution in [0, 0.1) is 0 Å². The normalized spacial score (nSPS) is 16.5. The Balaban J connectivity index is 1.37. The van der Waals surface area contributed by atoms with E-state index in [0.29, 0.717) is 27.0 Å². The van der Waals surface area contributed by atoms with Crippen molar-refractivity contribution in [3.05, 3.63) is 114 Å². The molecule has 198 valence electrons. The van der Waals surface area contributed by atoms with Gasteiger partial charge in [0.25, 0.3) is 5.78 Å². The number of rotatable bonds is 7. The van der Waals surface area contributed by atoms with Crippen LogP contribution in [0.25, 0.3) is 16.5 Å². The molecule has 8 nitrogen and oxygen atoms in total. The van der Waals surface area contributed by atoms with Crippen molar-refractivity contribution in [2.45, 2.75) is 16.1 Å². The second-order valence-corrected chi connectivity index (χ2v) is 11.1. The molecule has 3 aromatic carbocycles. The number of carbonyl (C=O) groups is 2. The van der Waals surface area contributed by atoms with Crippen molar-refractivity contribution in [1.29, 1.82) is 0 Å². The van der Waals surface area contributed by atoms with Crippen LogP contribution in [0.1, 0.15) is 22.7 Å². The zero-order valence-electron chi connectivity index (χ0n) is 21.2. The highest BCUT2D eigenvalue weighted by atomic mass is 32.2. The third-order valence-corrected chi connectivity index (χ3v) is 8.75. The van der Waals surface area contributed by atoms with Crippen molar-refractivity contribution >= 4 is 56.5 Å². The summed E-state index contributed by atoms with van der Waals surface area (Å²) in [4.78, 5) is 32.1. The first-order valence-corrected chi connectivity index (χ1v) is 14.1. The lowest BCUT2D eigenvalue weighted by atomic mass is 9.95. The summed E-state index contributed by atoms with van der Waals surface area (Å²) in [6.07, 6.45) is 3.02. The highest BCUT2D eigenvalue weighted by molar-refractivity contribution is 8.00. The largest absolute Gasteiger partial charge is 0.507 e. The Morgan fingerprint density at radius 1 is 1.00 bits per heavy atom. The van der Waals surface area contributed by atoms with Crippen LogP contribution in [-0.2, 0) is 15.3 Å². The number of thioether (sulfide) groups is 1. The van der Waals surface area contributed by atoms with Crippen molar-refractivity contribution in [2.75, 3.05) is 12.0 Å². The third kappa shape index (κ3) is 4.72. The molecule has 0 bridgehead atoms. The minimum atomic E-state index is -0.924. The van der Waals surface area contributed by atoms with Gasteiger partial charge in [0.15, 0.2) is 4.34 Å². The van der Waals surface area contributed by atoms with E-state index in [1.165, 1.54) is 52.9 Å². The van der Waals surface area contributed by atoms with Gasteiger partial charge >= 0.3 is 5.91 Å². The SMILES string of the molecule is COc1cccc(C2/C(=C(\O)c3ccncc3)C(=O)C(=O)N2c2nnc(SCc3cccc4ccccc34)s2)c1. The molecule has 10 heteroatoms. The van der Waals surface area contributed by atoms with Crippen molar-refractivity contribution in [2.24, 2.45) is 0 Å². The minimum Gasteiger partial charge on any atom is -0.507 e. The number of ketones is 1. The van der Waals surface area contributed by atoms with Crippen molar-refractivity contribution in [1.82, 2.24) is 15.2 Å². The molecular weight excluding hydrogens is 544 g/mol. The maximum Gasteiger partial charge on any atom is 0.301 e. The molecule has 1 fully saturated rings. The number of hydrogen-bond donors (Lipinski definition) is 1. The summed E-state index contributed by atoms with van der Waals surface area (Å²) in [5.41, 5.74) is 2.09. The molecule has 1 N–H and O–H groups in total.